The second-order valence-corrected chi connectivity index (χ2v) is 8.15. The summed E-state index contributed by atoms with van der Waals surface area (Å²) in [6.07, 6.45) is 0. The number of amides is 2. The molecule has 3 heterocycles. The summed E-state index contributed by atoms with van der Waals surface area (Å²) in [5, 5.41) is 11.8. The highest BCUT2D eigenvalue weighted by molar-refractivity contribution is 7.17. The van der Waals surface area contributed by atoms with Gasteiger partial charge in [0.15, 0.2) is 0 Å². The van der Waals surface area contributed by atoms with Crippen LogP contribution in [0.15, 0.2) is 36.4 Å². The van der Waals surface area contributed by atoms with E-state index in [9.17, 15) is 9.59 Å². The number of anilines is 2. The third kappa shape index (κ3) is 5.31. The smallest absolute Gasteiger partial charge is 0.296 e. The number of nitrogens with two attached hydrogens (primary N) is 1. The molecule has 3 aromatic rings. The topological polar surface area (TPSA) is 133 Å². The largest absolute Gasteiger partial charge is 0.464 e. The van der Waals surface area contributed by atoms with Crippen molar-refractivity contribution in [3.05, 3.63) is 58.2 Å². The van der Waals surface area contributed by atoms with Crippen LogP contribution in [0, 0.1) is 0 Å². The number of halogens is 1. The molecular formula is C20H19ClN6O4S. The molecule has 0 unspecified atom stereocenters. The van der Waals surface area contributed by atoms with E-state index in [0.717, 1.165) is 16.9 Å². The number of hydrogen-bond acceptors (Lipinski definition) is 9. The number of morpholine rings is 1. The van der Waals surface area contributed by atoms with Gasteiger partial charge in [0.05, 0.1) is 18.8 Å². The van der Waals surface area contributed by atoms with E-state index in [2.05, 4.69) is 20.5 Å². The molecule has 0 spiro atoms. The summed E-state index contributed by atoms with van der Waals surface area (Å²) < 4.78 is 11.0. The molecule has 10 nitrogen and oxygen atoms in total. The molecule has 4 rings (SSSR count). The standard InChI is InChI=1S/C20H19ClN6O4S/c21-13-3-1-12(2-4-13)11-31-20-26-25-19(32-20)24-18(29)14-5-6-15(16(22)28)23-17(14)27-7-9-30-10-8-27/h1-6H,7-11H2,(H2,22,28)(H,24,25,29). The lowest BCUT2D eigenvalue weighted by Gasteiger charge is -2.29. The zero-order chi connectivity index (χ0) is 22.5. The van der Waals surface area contributed by atoms with E-state index >= 15 is 0 Å². The summed E-state index contributed by atoms with van der Waals surface area (Å²) in [4.78, 5) is 30.7. The van der Waals surface area contributed by atoms with Crippen molar-refractivity contribution >= 4 is 45.7 Å². The Kier molecular flexibility index (Phi) is 6.78. The number of rotatable bonds is 7. The Balaban J connectivity index is 1.46. The molecule has 1 aromatic carbocycles. The number of pyridine rings is 1. The third-order valence-electron chi connectivity index (χ3n) is 4.59. The number of primary amides is 1. The maximum Gasteiger partial charge on any atom is 0.296 e. The summed E-state index contributed by atoms with van der Waals surface area (Å²) >= 11 is 6.98. The predicted octanol–water partition coefficient (Wildman–Crippen LogP) is 2.35. The number of carbonyl (C=O) groups excluding carboxylic acids is 2. The van der Waals surface area contributed by atoms with E-state index in [0.29, 0.717) is 48.9 Å². The van der Waals surface area contributed by atoms with Gasteiger partial charge in [-0.2, -0.15) is 0 Å². The van der Waals surface area contributed by atoms with Crippen molar-refractivity contribution in [3.8, 4) is 5.19 Å². The second kappa shape index (κ2) is 9.90. The number of nitrogens with zero attached hydrogens (tertiary/aromatic N) is 4. The van der Waals surface area contributed by atoms with Gasteiger partial charge in [0.25, 0.3) is 17.0 Å². The molecule has 0 saturated carbocycles. The number of aromatic nitrogens is 3. The molecular weight excluding hydrogens is 456 g/mol. The monoisotopic (exact) mass is 474 g/mol. The van der Waals surface area contributed by atoms with E-state index in [1.165, 1.54) is 12.1 Å². The first kappa shape index (κ1) is 21.9. The molecule has 0 aliphatic carbocycles. The average molecular weight is 475 g/mol. The van der Waals surface area contributed by atoms with Crippen LogP contribution in [0.5, 0.6) is 5.19 Å². The molecule has 12 heteroatoms. The molecule has 1 saturated heterocycles. The lowest BCUT2D eigenvalue weighted by Crippen LogP contribution is -2.38. The molecule has 1 aliphatic heterocycles. The van der Waals surface area contributed by atoms with E-state index in [4.69, 9.17) is 26.8 Å². The molecule has 3 N–H and O–H groups in total. The maximum atomic E-state index is 12.9. The number of nitrogens with one attached hydrogen (secondary N) is 1. The van der Waals surface area contributed by atoms with E-state index in [-0.39, 0.29) is 16.4 Å². The van der Waals surface area contributed by atoms with Crippen LogP contribution in [0.2, 0.25) is 5.02 Å². The molecule has 0 atom stereocenters. The van der Waals surface area contributed by atoms with Crippen LogP contribution in [-0.2, 0) is 11.3 Å². The van der Waals surface area contributed by atoms with Crippen molar-refractivity contribution in [1.29, 1.82) is 0 Å². The highest BCUT2D eigenvalue weighted by Gasteiger charge is 2.23. The molecule has 32 heavy (non-hydrogen) atoms. The number of carbonyl (C=O) groups is 2. The summed E-state index contributed by atoms with van der Waals surface area (Å²) in [5.41, 5.74) is 6.65. The molecule has 1 fully saturated rings. The van der Waals surface area contributed by atoms with Crippen molar-refractivity contribution in [2.45, 2.75) is 6.61 Å². The van der Waals surface area contributed by atoms with E-state index < -0.39 is 11.8 Å². The van der Waals surface area contributed by atoms with Gasteiger partial charge in [-0.05, 0) is 41.2 Å². The first-order valence-electron chi connectivity index (χ1n) is 9.65. The van der Waals surface area contributed by atoms with E-state index in [1.54, 1.807) is 12.1 Å². The normalized spacial score (nSPS) is 13.6. The Morgan fingerprint density at radius 1 is 1.16 bits per heavy atom. The van der Waals surface area contributed by atoms with Crippen molar-refractivity contribution in [2.75, 3.05) is 36.5 Å². The van der Waals surface area contributed by atoms with Gasteiger partial charge in [-0.1, -0.05) is 28.8 Å². The Morgan fingerprint density at radius 3 is 2.62 bits per heavy atom. The minimum Gasteiger partial charge on any atom is -0.464 e. The second-order valence-electron chi connectivity index (χ2n) is 6.77. The molecule has 2 amide bonds. The van der Waals surface area contributed by atoms with Gasteiger partial charge in [-0.3, -0.25) is 14.9 Å². The summed E-state index contributed by atoms with van der Waals surface area (Å²) in [6, 6.07) is 10.2. The molecule has 0 radical (unpaired) electrons. The highest BCUT2D eigenvalue weighted by Crippen LogP contribution is 2.26. The van der Waals surface area contributed by atoms with Crippen molar-refractivity contribution in [3.63, 3.8) is 0 Å². The maximum absolute atomic E-state index is 12.9. The first-order chi connectivity index (χ1) is 15.5. The molecule has 1 aliphatic rings. The number of ether oxygens (including phenoxy) is 2. The van der Waals surface area contributed by atoms with Crippen molar-refractivity contribution < 1.29 is 19.1 Å². The number of hydrogen-bond donors (Lipinski definition) is 2. The quantitative estimate of drug-likeness (QED) is 0.533. The SMILES string of the molecule is NC(=O)c1ccc(C(=O)Nc2nnc(OCc3ccc(Cl)cc3)s2)c(N2CCOCC2)n1. The van der Waals surface area contributed by atoms with Gasteiger partial charge in [-0.25, -0.2) is 4.98 Å². The Hall–Kier alpha value is -3.28. The van der Waals surface area contributed by atoms with Crippen LogP contribution >= 0.6 is 22.9 Å². The first-order valence-corrected chi connectivity index (χ1v) is 10.8. The highest BCUT2D eigenvalue weighted by atomic mass is 35.5. The minimum absolute atomic E-state index is 0.0804. The van der Waals surface area contributed by atoms with Crippen LogP contribution in [-0.4, -0.2) is 53.3 Å². The van der Waals surface area contributed by atoms with Crippen LogP contribution in [0.4, 0.5) is 10.9 Å². The lowest BCUT2D eigenvalue weighted by molar-refractivity contribution is 0.0989. The average Bonchev–Trinajstić information content (AvgIpc) is 3.26. The van der Waals surface area contributed by atoms with Gasteiger partial charge >= 0.3 is 0 Å². The third-order valence-corrected chi connectivity index (χ3v) is 5.59. The predicted molar refractivity (Wildman–Crippen MR) is 119 cm³/mol. The van der Waals surface area contributed by atoms with Gasteiger partial charge < -0.3 is 20.1 Å². The minimum atomic E-state index is -0.668. The molecule has 0 bridgehead atoms. The molecule has 166 valence electrons. The Morgan fingerprint density at radius 2 is 1.91 bits per heavy atom. The van der Waals surface area contributed by atoms with Crippen LogP contribution in [0.25, 0.3) is 0 Å². The Bertz CT molecular complexity index is 1120. The van der Waals surface area contributed by atoms with Crippen molar-refractivity contribution in [1.82, 2.24) is 15.2 Å². The van der Waals surface area contributed by atoms with Gasteiger partial charge in [-0.15, -0.1) is 5.10 Å². The Labute approximate surface area is 192 Å². The summed E-state index contributed by atoms with van der Waals surface area (Å²) in [6.45, 7) is 2.36. The molecule has 2 aromatic heterocycles. The summed E-state index contributed by atoms with van der Waals surface area (Å²) in [5.74, 6) is -0.737. The fraction of sp³-hybridized carbons (Fsp3) is 0.250. The van der Waals surface area contributed by atoms with Crippen LogP contribution in [0.3, 0.4) is 0 Å². The number of benzene rings is 1. The van der Waals surface area contributed by atoms with Gasteiger partial charge in [0.2, 0.25) is 5.13 Å². The zero-order valence-electron chi connectivity index (χ0n) is 16.8. The van der Waals surface area contributed by atoms with Crippen LogP contribution < -0.4 is 20.7 Å². The van der Waals surface area contributed by atoms with Gasteiger partial charge in [0.1, 0.15) is 18.1 Å². The lowest BCUT2D eigenvalue weighted by atomic mass is 10.2. The van der Waals surface area contributed by atoms with Gasteiger partial charge in [0, 0.05) is 18.1 Å². The van der Waals surface area contributed by atoms with E-state index in [1.807, 2.05) is 17.0 Å². The summed E-state index contributed by atoms with van der Waals surface area (Å²) in [7, 11) is 0. The van der Waals surface area contributed by atoms with Crippen molar-refractivity contribution in [2.24, 2.45) is 5.73 Å². The fourth-order valence-electron chi connectivity index (χ4n) is 2.99. The zero-order valence-corrected chi connectivity index (χ0v) is 18.4. The van der Waals surface area contributed by atoms with Crippen LogP contribution in [0.1, 0.15) is 26.4 Å². The fourth-order valence-corrected chi connectivity index (χ4v) is 3.70.